The van der Waals surface area contributed by atoms with Gasteiger partial charge in [0, 0.05) is 5.69 Å². The quantitative estimate of drug-likeness (QED) is 0.696. The molecule has 2 amide bonds. The first-order valence-electron chi connectivity index (χ1n) is 4.75. The summed E-state index contributed by atoms with van der Waals surface area (Å²) in [5.41, 5.74) is 12.1. The van der Waals surface area contributed by atoms with Gasteiger partial charge in [-0.2, -0.15) is 0 Å². The van der Waals surface area contributed by atoms with Gasteiger partial charge in [-0.1, -0.05) is 24.3 Å². The molecule has 1 aromatic carbocycles. The van der Waals surface area contributed by atoms with Crippen molar-refractivity contribution in [2.45, 2.75) is 6.42 Å². The highest BCUT2D eigenvalue weighted by Crippen LogP contribution is 2.10. The third-order valence-electron chi connectivity index (χ3n) is 1.82. The van der Waals surface area contributed by atoms with Crippen LogP contribution in [0.4, 0.5) is 10.5 Å². The Balaban J connectivity index is 2.60. The van der Waals surface area contributed by atoms with E-state index in [0.29, 0.717) is 12.2 Å². The van der Waals surface area contributed by atoms with Gasteiger partial charge in [0.15, 0.2) is 0 Å². The lowest BCUT2D eigenvalue weighted by Crippen LogP contribution is -2.19. The first kappa shape index (κ1) is 11.3. The van der Waals surface area contributed by atoms with Crippen molar-refractivity contribution in [2.24, 2.45) is 11.5 Å². The van der Waals surface area contributed by atoms with Gasteiger partial charge in [-0.05, 0) is 30.7 Å². The van der Waals surface area contributed by atoms with Crippen LogP contribution in [0.1, 0.15) is 12.0 Å². The Bertz CT molecular complexity index is 343. The van der Waals surface area contributed by atoms with E-state index >= 15 is 0 Å². The highest BCUT2D eigenvalue weighted by molar-refractivity contribution is 5.87. The first-order valence-corrected chi connectivity index (χ1v) is 4.75. The second-order valence-electron chi connectivity index (χ2n) is 3.09. The summed E-state index contributed by atoms with van der Waals surface area (Å²) in [6.45, 7) is 0.651. The largest absolute Gasteiger partial charge is 0.351 e. The molecular weight excluding hydrogens is 190 g/mol. The minimum atomic E-state index is -0.554. The van der Waals surface area contributed by atoms with Gasteiger partial charge in [-0.25, -0.2) is 4.79 Å². The summed E-state index contributed by atoms with van der Waals surface area (Å²) in [6.07, 6.45) is 4.86. The van der Waals surface area contributed by atoms with Crippen molar-refractivity contribution >= 4 is 17.8 Å². The molecule has 0 saturated heterocycles. The van der Waals surface area contributed by atoms with Crippen LogP contribution in [0.5, 0.6) is 0 Å². The van der Waals surface area contributed by atoms with E-state index in [1.54, 1.807) is 12.1 Å². The number of nitrogens with one attached hydrogen (secondary N) is 1. The van der Waals surface area contributed by atoms with Gasteiger partial charge < -0.3 is 16.8 Å². The lowest BCUT2D eigenvalue weighted by Gasteiger charge is -2.01. The lowest BCUT2D eigenvalue weighted by molar-refractivity contribution is 0.259. The summed E-state index contributed by atoms with van der Waals surface area (Å²) in [6, 6.07) is 6.84. The summed E-state index contributed by atoms with van der Waals surface area (Å²) in [5.74, 6) is 0. The van der Waals surface area contributed by atoms with Crippen LogP contribution in [0.15, 0.2) is 30.3 Å². The zero-order valence-corrected chi connectivity index (χ0v) is 8.44. The summed E-state index contributed by atoms with van der Waals surface area (Å²) < 4.78 is 0. The number of urea groups is 1. The molecule has 0 bridgehead atoms. The molecule has 80 valence electrons. The molecule has 1 aromatic rings. The predicted octanol–water partition coefficient (Wildman–Crippen LogP) is 1.54. The zero-order valence-electron chi connectivity index (χ0n) is 8.44. The number of nitrogens with two attached hydrogens (primary N) is 2. The average Bonchev–Trinajstić information content (AvgIpc) is 2.20. The third-order valence-corrected chi connectivity index (χ3v) is 1.82. The second-order valence-corrected chi connectivity index (χ2v) is 3.09. The Kier molecular flexibility index (Phi) is 4.37. The molecule has 0 heterocycles. The molecule has 0 spiro atoms. The van der Waals surface area contributed by atoms with Crippen LogP contribution in [0.25, 0.3) is 6.08 Å². The smallest absolute Gasteiger partial charge is 0.316 e. The number of amides is 2. The molecule has 0 fully saturated rings. The highest BCUT2D eigenvalue weighted by Gasteiger charge is 1.94. The number of carbonyl (C=O) groups is 1. The Hall–Kier alpha value is -1.81. The van der Waals surface area contributed by atoms with E-state index in [2.05, 4.69) is 5.32 Å². The summed E-state index contributed by atoms with van der Waals surface area (Å²) in [5, 5.41) is 2.49. The number of hydrogen-bond acceptors (Lipinski definition) is 2. The summed E-state index contributed by atoms with van der Waals surface area (Å²) >= 11 is 0. The maximum atomic E-state index is 10.5. The average molecular weight is 205 g/mol. The van der Waals surface area contributed by atoms with Crippen molar-refractivity contribution in [3.05, 3.63) is 35.9 Å². The predicted molar refractivity (Wildman–Crippen MR) is 62.4 cm³/mol. The fourth-order valence-corrected chi connectivity index (χ4v) is 1.14. The van der Waals surface area contributed by atoms with Crippen molar-refractivity contribution in [1.82, 2.24) is 0 Å². The molecule has 4 nitrogen and oxygen atoms in total. The standard InChI is InChI=1S/C11H15N3O/c12-8-2-1-3-9-4-6-10(7-5-9)14-11(13)15/h1,3-7H,2,8,12H2,(H3,13,14,15). The Morgan fingerprint density at radius 2 is 2.00 bits per heavy atom. The van der Waals surface area contributed by atoms with Crippen LogP contribution in [-0.4, -0.2) is 12.6 Å². The van der Waals surface area contributed by atoms with Gasteiger partial charge in [-0.15, -0.1) is 0 Å². The topological polar surface area (TPSA) is 81.1 Å². The minimum Gasteiger partial charge on any atom is -0.351 e. The number of benzene rings is 1. The molecule has 0 saturated carbocycles. The number of anilines is 1. The van der Waals surface area contributed by atoms with Crippen molar-refractivity contribution in [3.8, 4) is 0 Å². The van der Waals surface area contributed by atoms with Crippen molar-refractivity contribution in [1.29, 1.82) is 0 Å². The molecule has 5 N–H and O–H groups in total. The second kappa shape index (κ2) is 5.82. The highest BCUT2D eigenvalue weighted by atomic mass is 16.2. The van der Waals surface area contributed by atoms with Gasteiger partial charge in [0.25, 0.3) is 0 Å². The monoisotopic (exact) mass is 205 g/mol. The van der Waals surface area contributed by atoms with Crippen molar-refractivity contribution in [3.63, 3.8) is 0 Å². The molecule has 0 atom stereocenters. The Morgan fingerprint density at radius 1 is 1.33 bits per heavy atom. The van der Waals surface area contributed by atoms with Crippen LogP contribution in [0.2, 0.25) is 0 Å². The van der Waals surface area contributed by atoms with Crippen LogP contribution in [0, 0.1) is 0 Å². The van der Waals surface area contributed by atoms with Gasteiger partial charge in [0.05, 0.1) is 0 Å². The molecule has 0 aliphatic heterocycles. The number of carbonyl (C=O) groups excluding carboxylic acids is 1. The molecular formula is C11H15N3O. The zero-order chi connectivity index (χ0) is 11.1. The van der Waals surface area contributed by atoms with Gasteiger partial charge in [0.1, 0.15) is 0 Å². The van der Waals surface area contributed by atoms with E-state index in [1.165, 1.54) is 0 Å². The fourth-order valence-electron chi connectivity index (χ4n) is 1.14. The van der Waals surface area contributed by atoms with E-state index < -0.39 is 6.03 Å². The Labute approximate surface area is 89.0 Å². The maximum absolute atomic E-state index is 10.5. The molecule has 0 unspecified atom stereocenters. The molecule has 0 radical (unpaired) electrons. The van der Waals surface area contributed by atoms with Crippen LogP contribution in [0.3, 0.4) is 0 Å². The molecule has 4 heteroatoms. The number of primary amides is 1. The van der Waals surface area contributed by atoms with Crippen LogP contribution in [-0.2, 0) is 0 Å². The van der Waals surface area contributed by atoms with E-state index in [9.17, 15) is 4.79 Å². The molecule has 0 aliphatic rings. The number of rotatable bonds is 4. The van der Waals surface area contributed by atoms with Gasteiger partial charge >= 0.3 is 6.03 Å². The van der Waals surface area contributed by atoms with E-state index in [1.807, 2.05) is 24.3 Å². The normalized spacial score (nSPS) is 10.5. The van der Waals surface area contributed by atoms with Crippen LogP contribution < -0.4 is 16.8 Å². The summed E-state index contributed by atoms with van der Waals surface area (Å²) in [7, 11) is 0. The van der Waals surface area contributed by atoms with E-state index in [4.69, 9.17) is 11.5 Å². The summed E-state index contributed by atoms with van der Waals surface area (Å²) in [4.78, 5) is 10.5. The molecule has 15 heavy (non-hydrogen) atoms. The fraction of sp³-hybridized carbons (Fsp3) is 0.182. The van der Waals surface area contributed by atoms with E-state index in [-0.39, 0.29) is 0 Å². The van der Waals surface area contributed by atoms with Crippen molar-refractivity contribution < 1.29 is 4.79 Å². The van der Waals surface area contributed by atoms with Gasteiger partial charge in [0.2, 0.25) is 0 Å². The molecule has 0 aliphatic carbocycles. The maximum Gasteiger partial charge on any atom is 0.316 e. The first-order chi connectivity index (χ1) is 7.22. The van der Waals surface area contributed by atoms with E-state index in [0.717, 1.165) is 12.0 Å². The molecule has 0 aromatic heterocycles. The minimum absolute atomic E-state index is 0.554. The van der Waals surface area contributed by atoms with Gasteiger partial charge in [-0.3, -0.25) is 0 Å². The number of hydrogen-bond donors (Lipinski definition) is 3. The van der Waals surface area contributed by atoms with Crippen molar-refractivity contribution in [2.75, 3.05) is 11.9 Å². The third kappa shape index (κ3) is 4.28. The van der Waals surface area contributed by atoms with Crippen LogP contribution >= 0.6 is 0 Å². The molecule has 1 rings (SSSR count). The lowest BCUT2D eigenvalue weighted by atomic mass is 10.2. The SMILES string of the molecule is NCCC=Cc1ccc(NC(N)=O)cc1. The Morgan fingerprint density at radius 3 is 2.53 bits per heavy atom.